The van der Waals surface area contributed by atoms with E-state index in [-0.39, 0.29) is 12.4 Å². The van der Waals surface area contributed by atoms with Crippen LogP contribution in [0.5, 0.6) is 0 Å². The second-order valence-electron chi connectivity index (χ2n) is 4.80. The van der Waals surface area contributed by atoms with E-state index >= 15 is 0 Å². The zero-order valence-corrected chi connectivity index (χ0v) is 11.3. The first-order valence-corrected chi connectivity index (χ1v) is 6.64. The minimum absolute atomic E-state index is 0.0368. The number of primary amides is 1. The van der Waals surface area contributed by atoms with Gasteiger partial charge in [0.1, 0.15) is 12.4 Å². The Bertz CT molecular complexity index is 503. The largest absolute Gasteiger partial charge is 0.448 e. The topological polar surface area (TPSA) is 69.4 Å². The van der Waals surface area contributed by atoms with Crippen molar-refractivity contribution < 1.29 is 14.3 Å². The molecule has 1 atom stereocenters. The summed E-state index contributed by atoms with van der Waals surface area (Å²) in [5.41, 5.74) is 4.91. The highest BCUT2D eigenvalue weighted by Crippen LogP contribution is 2.40. The molecule has 1 amide bonds. The Labute approximate surface area is 116 Å². The molecule has 0 spiro atoms. The van der Waals surface area contributed by atoms with Gasteiger partial charge in [0.25, 0.3) is 0 Å². The number of nitrogens with two attached hydrogens (primary N) is 1. The van der Waals surface area contributed by atoms with Gasteiger partial charge in [-0.2, -0.15) is 0 Å². The molecule has 4 nitrogen and oxygen atoms in total. The van der Waals surface area contributed by atoms with E-state index in [1.54, 1.807) is 6.07 Å². The summed E-state index contributed by atoms with van der Waals surface area (Å²) < 4.78 is 4.92. The normalized spacial score (nSPS) is 23.1. The first kappa shape index (κ1) is 13.9. The smallest absolute Gasteiger partial charge is 0.404 e. The van der Waals surface area contributed by atoms with Crippen LogP contribution in [0.3, 0.4) is 0 Å². The van der Waals surface area contributed by atoms with E-state index in [1.165, 1.54) is 0 Å². The highest BCUT2D eigenvalue weighted by Gasteiger charge is 2.43. The van der Waals surface area contributed by atoms with Crippen LogP contribution in [-0.4, -0.2) is 18.5 Å². The number of ether oxygens (including phenoxy) is 1. The predicted octanol–water partition coefficient (Wildman–Crippen LogP) is 2.82. The fraction of sp³-hybridized carbons (Fsp3) is 0.429. The third kappa shape index (κ3) is 2.73. The van der Waals surface area contributed by atoms with Crippen molar-refractivity contribution in [1.29, 1.82) is 0 Å². The van der Waals surface area contributed by atoms with Crippen LogP contribution in [0.25, 0.3) is 0 Å². The molecule has 1 aromatic rings. The van der Waals surface area contributed by atoms with Gasteiger partial charge in [0.2, 0.25) is 0 Å². The molecule has 0 unspecified atom stereocenters. The number of ketones is 1. The number of amides is 1. The summed E-state index contributed by atoms with van der Waals surface area (Å²) >= 11 is 6.20. The summed E-state index contributed by atoms with van der Waals surface area (Å²) in [6, 6.07) is 7.19. The zero-order chi connectivity index (χ0) is 13.9. The summed E-state index contributed by atoms with van der Waals surface area (Å²) in [6.45, 7) is -0.0368. The van der Waals surface area contributed by atoms with Gasteiger partial charge in [-0.25, -0.2) is 4.79 Å². The highest BCUT2D eigenvalue weighted by molar-refractivity contribution is 6.31. The predicted molar refractivity (Wildman–Crippen MR) is 72.1 cm³/mol. The lowest BCUT2D eigenvalue weighted by molar-refractivity contribution is -0.128. The van der Waals surface area contributed by atoms with Gasteiger partial charge < -0.3 is 10.5 Å². The van der Waals surface area contributed by atoms with Crippen LogP contribution in [-0.2, 0) is 14.9 Å². The number of hydrogen-bond donors (Lipinski definition) is 1. The average molecular weight is 282 g/mol. The molecule has 0 radical (unpaired) electrons. The van der Waals surface area contributed by atoms with Crippen LogP contribution < -0.4 is 5.73 Å². The standard InChI is InChI=1S/C14H16ClNO3/c15-11-6-2-1-5-10(11)14(9-19-13(16)18)8-4-3-7-12(14)17/h1-2,5-6H,3-4,7-9H2,(H2,16,18)/t14-/m0/s1. The molecular formula is C14H16ClNO3. The molecule has 1 aliphatic carbocycles. The van der Waals surface area contributed by atoms with Crippen LogP contribution in [0.1, 0.15) is 31.2 Å². The first-order chi connectivity index (χ1) is 9.06. The van der Waals surface area contributed by atoms with E-state index in [4.69, 9.17) is 22.1 Å². The maximum absolute atomic E-state index is 12.4. The van der Waals surface area contributed by atoms with E-state index in [0.29, 0.717) is 17.9 Å². The van der Waals surface area contributed by atoms with Gasteiger partial charge >= 0.3 is 6.09 Å². The summed E-state index contributed by atoms with van der Waals surface area (Å²) in [7, 11) is 0. The molecule has 1 fully saturated rings. The lowest BCUT2D eigenvalue weighted by Gasteiger charge is -2.36. The van der Waals surface area contributed by atoms with Crippen molar-refractivity contribution in [1.82, 2.24) is 0 Å². The summed E-state index contributed by atoms with van der Waals surface area (Å²) in [6.07, 6.45) is 2.00. The van der Waals surface area contributed by atoms with Crippen molar-refractivity contribution in [3.05, 3.63) is 34.9 Å². The van der Waals surface area contributed by atoms with Gasteiger partial charge in [0.05, 0.1) is 5.41 Å². The number of Topliss-reactive ketones (excluding diaryl/α,β-unsaturated/α-hetero) is 1. The van der Waals surface area contributed by atoms with Gasteiger partial charge in [0, 0.05) is 11.4 Å². The maximum atomic E-state index is 12.4. The van der Waals surface area contributed by atoms with Gasteiger partial charge in [-0.15, -0.1) is 0 Å². The van der Waals surface area contributed by atoms with Crippen molar-refractivity contribution in [3.8, 4) is 0 Å². The number of carbonyl (C=O) groups is 2. The maximum Gasteiger partial charge on any atom is 0.404 e. The van der Waals surface area contributed by atoms with E-state index in [0.717, 1.165) is 18.4 Å². The van der Waals surface area contributed by atoms with Crippen molar-refractivity contribution in [2.24, 2.45) is 5.73 Å². The zero-order valence-electron chi connectivity index (χ0n) is 10.5. The van der Waals surface area contributed by atoms with E-state index in [1.807, 2.05) is 18.2 Å². The van der Waals surface area contributed by atoms with Crippen molar-refractivity contribution >= 4 is 23.5 Å². The number of benzene rings is 1. The summed E-state index contributed by atoms with van der Waals surface area (Å²) in [5, 5.41) is 0.519. The molecule has 5 heteroatoms. The van der Waals surface area contributed by atoms with Crippen molar-refractivity contribution in [2.45, 2.75) is 31.1 Å². The number of carbonyl (C=O) groups excluding carboxylic acids is 2. The third-order valence-electron chi connectivity index (χ3n) is 3.64. The third-order valence-corrected chi connectivity index (χ3v) is 3.97. The Kier molecular flexibility index (Phi) is 4.10. The van der Waals surface area contributed by atoms with Crippen LogP contribution in [0.15, 0.2) is 24.3 Å². The quantitative estimate of drug-likeness (QED) is 0.926. The minimum Gasteiger partial charge on any atom is -0.448 e. The number of hydrogen-bond acceptors (Lipinski definition) is 3. The lowest BCUT2D eigenvalue weighted by Crippen LogP contribution is -2.44. The molecule has 2 rings (SSSR count). The molecule has 2 N–H and O–H groups in total. The number of rotatable bonds is 3. The van der Waals surface area contributed by atoms with E-state index in [9.17, 15) is 9.59 Å². The monoisotopic (exact) mass is 281 g/mol. The second kappa shape index (κ2) is 5.61. The Morgan fingerprint density at radius 1 is 1.37 bits per heavy atom. The molecule has 0 aromatic heterocycles. The van der Waals surface area contributed by atoms with E-state index < -0.39 is 11.5 Å². The molecule has 0 bridgehead atoms. The number of halogens is 1. The fourth-order valence-corrected chi connectivity index (χ4v) is 2.97. The van der Waals surface area contributed by atoms with Gasteiger partial charge in [-0.3, -0.25) is 4.79 Å². The Morgan fingerprint density at radius 3 is 2.74 bits per heavy atom. The molecule has 102 valence electrons. The molecule has 0 heterocycles. The minimum atomic E-state index is -0.871. The molecule has 1 aliphatic rings. The van der Waals surface area contributed by atoms with Crippen LogP contribution in [0, 0.1) is 0 Å². The molecular weight excluding hydrogens is 266 g/mol. The highest BCUT2D eigenvalue weighted by atomic mass is 35.5. The van der Waals surface area contributed by atoms with Crippen LogP contribution in [0.2, 0.25) is 5.02 Å². The fourth-order valence-electron chi connectivity index (χ4n) is 2.65. The summed E-state index contributed by atoms with van der Waals surface area (Å²) in [4.78, 5) is 23.3. The molecule has 1 aromatic carbocycles. The molecule has 0 aliphatic heterocycles. The first-order valence-electron chi connectivity index (χ1n) is 6.27. The van der Waals surface area contributed by atoms with Crippen molar-refractivity contribution in [2.75, 3.05) is 6.61 Å². The van der Waals surface area contributed by atoms with E-state index in [2.05, 4.69) is 0 Å². The molecule has 1 saturated carbocycles. The molecule has 0 saturated heterocycles. The van der Waals surface area contributed by atoms with Gasteiger partial charge in [-0.1, -0.05) is 36.2 Å². The van der Waals surface area contributed by atoms with Crippen molar-refractivity contribution in [3.63, 3.8) is 0 Å². The molecule has 19 heavy (non-hydrogen) atoms. The average Bonchev–Trinajstić information content (AvgIpc) is 2.39. The van der Waals surface area contributed by atoms with Crippen LogP contribution >= 0.6 is 11.6 Å². The second-order valence-corrected chi connectivity index (χ2v) is 5.21. The SMILES string of the molecule is NC(=O)OC[C@]1(c2ccccc2Cl)CCCCC1=O. The van der Waals surface area contributed by atoms with Gasteiger partial charge in [-0.05, 0) is 24.5 Å². The van der Waals surface area contributed by atoms with Crippen LogP contribution in [0.4, 0.5) is 4.79 Å². The summed E-state index contributed by atoms with van der Waals surface area (Å²) in [5.74, 6) is 0.0631. The Balaban J connectivity index is 2.41. The van der Waals surface area contributed by atoms with Gasteiger partial charge in [0.15, 0.2) is 0 Å². The Hall–Kier alpha value is -1.55. The Morgan fingerprint density at radius 2 is 2.11 bits per heavy atom. The lowest BCUT2D eigenvalue weighted by atomic mass is 9.69.